The van der Waals surface area contributed by atoms with Crippen molar-refractivity contribution in [2.75, 3.05) is 13.1 Å². The molecule has 0 heterocycles. The lowest BCUT2D eigenvalue weighted by atomic mass is 10.1. The van der Waals surface area contributed by atoms with Gasteiger partial charge in [-0.05, 0) is 12.8 Å². The van der Waals surface area contributed by atoms with Gasteiger partial charge in [0.2, 0.25) is 0 Å². The fourth-order valence-electron chi connectivity index (χ4n) is 1.74. The molecule has 2 heteroatoms. The predicted molar refractivity (Wildman–Crippen MR) is 77.1 cm³/mol. The summed E-state index contributed by atoms with van der Waals surface area (Å²) in [6.45, 7) is 6.29. The first-order valence-electron chi connectivity index (χ1n) is 7.49. The van der Waals surface area contributed by atoms with Crippen LogP contribution in [0, 0.1) is 0 Å². The van der Waals surface area contributed by atoms with Crippen molar-refractivity contribution in [3.63, 3.8) is 0 Å². The van der Waals surface area contributed by atoms with Gasteiger partial charge in [-0.2, -0.15) is 0 Å². The summed E-state index contributed by atoms with van der Waals surface area (Å²) in [5.74, 6) is 0. The fraction of sp³-hybridized carbons (Fsp3) is 0.933. The van der Waals surface area contributed by atoms with E-state index in [1.807, 2.05) is 0 Å². The van der Waals surface area contributed by atoms with Gasteiger partial charge in [0.15, 0.2) is 0 Å². The van der Waals surface area contributed by atoms with Gasteiger partial charge in [-0.15, -0.1) is 0 Å². The van der Waals surface area contributed by atoms with E-state index in [1.165, 1.54) is 64.2 Å². The molecule has 0 aliphatic carbocycles. The van der Waals surface area contributed by atoms with Crippen LogP contribution in [-0.2, 0) is 0 Å². The SMILES string of the molecule is CCCCCCCCN=C=NCCCCCC. The lowest BCUT2D eigenvalue weighted by molar-refractivity contribution is 0.612. The zero-order valence-corrected chi connectivity index (χ0v) is 11.9. The molecule has 2 nitrogen and oxygen atoms in total. The summed E-state index contributed by atoms with van der Waals surface area (Å²) in [6, 6.07) is 2.81. The first-order chi connectivity index (χ1) is 8.41. The van der Waals surface area contributed by atoms with E-state index in [0.29, 0.717) is 0 Å². The van der Waals surface area contributed by atoms with Gasteiger partial charge in [0.1, 0.15) is 0 Å². The van der Waals surface area contributed by atoms with Crippen LogP contribution in [0.4, 0.5) is 0 Å². The minimum atomic E-state index is 0.903. The van der Waals surface area contributed by atoms with E-state index in [2.05, 4.69) is 29.8 Å². The number of aliphatic imine (C=N–C) groups is 2. The van der Waals surface area contributed by atoms with Crippen LogP contribution in [0.5, 0.6) is 0 Å². The second kappa shape index (κ2) is 15.4. The maximum atomic E-state index is 4.19. The Hall–Kier alpha value is -0.620. The smallest absolute Gasteiger partial charge is 0.0892 e. The third kappa shape index (κ3) is 15.4. The quantitative estimate of drug-likeness (QED) is 0.334. The molecule has 0 N–H and O–H groups in total. The highest BCUT2D eigenvalue weighted by Crippen LogP contribution is 2.04. The Kier molecular flexibility index (Phi) is 14.8. The molecule has 0 aliphatic rings. The van der Waals surface area contributed by atoms with Gasteiger partial charge in [-0.1, -0.05) is 65.2 Å². The predicted octanol–water partition coefficient (Wildman–Crippen LogP) is 5.10. The number of hydrogen-bond acceptors (Lipinski definition) is 2. The van der Waals surface area contributed by atoms with E-state index >= 15 is 0 Å². The molecule has 0 radical (unpaired) electrons. The summed E-state index contributed by atoms with van der Waals surface area (Å²) in [5, 5.41) is 0. The summed E-state index contributed by atoms with van der Waals surface area (Å²) in [5.41, 5.74) is 0. The van der Waals surface area contributed by atoms with Crippen LogP contribution in [0.3, 0.4) is 0 Å². The maximum Gasteiger partial charge on any atom is 0.0892 e. The molecule has 0 atom stereocenters. The summed E-state index contributed by atoms with van der Waals surface area (Å²) in [7, 11) is 0. The van der Waals surface area contributed by atoms with Crippen LogP contribution in [-0.4, -0.2) is 19.1 Å². The summed E-state index contributed by atoms with van der Waals surface area (Å²) >= 11 is 0. The fourth-order valence-corrected chi connectivity index (χ4v) is 1.74. The van der Waals surface area contributed by atoms with Gasteiger partial charge in [0, 0.05) is 13.1 Å². The van der Waals surface area contributed by atoms with Gasteiger partial charge < -0.3 is 0 Å². The van der Waals surface area contributed by atoms with Gasteiger partial charge in [0.05, 0.1) is 6.01 Å². The van der Waals surface area contributed by atoms with Gasteiger partial charge in [0.25, 0.3) is 0 Å². The summed E-state index contributed by atoms with van der Waals surface area (Å²) in [6.07, 6.45) is 13.0. The molecule has 0 saturated heterocycles. The van der Waals surface area contributed by atoms with E-state index in [4.69, 9.17) is 0 Å². The average molecular weight is 238 g/mol. The average Bonchev–Trinajstić information content (AvgIpc) is 2.35. The second-order valence-corrected chi connectivity index (χ2v) is 4.69. The van der Waals surface area contributed by atoms with Gasteiger partial charge >= 0.3 is 0 Å². The van der Waals surface area contributed by atoms with E-state index < -0.39 is 0 Å². The highest BCUT2D eigenvalue weighted by molar-refractivity contribution is 5.40. The van der Waals surface area contributed by atoms with Crippen LogP contribution in [0.15, 0.2) is 9.98 Å². The van der Waals surface area contributed by atoms with Gasteiger partial charge in [-0.3, -0.25) is 0 Å². The first-order valence-corrected chi connectivity index (χ1v) is 7.49. The van der Waals surface area contributed by atoms with E-state index in [0.717, 1.165) is 13.1 Å². The largest absolute Gasteiger partial charge is 0.226 e. The Morgan fingerprint density at radius 1 is 0.588 bits per heavy atom. The number of nitrogens with zero attached hydrogens (tertiary/aromatic N) is 2. The normalized spacial score (nSPS) is 10.0. The molecule has 17 heavy (non-hydrogen) atoms. The summed E-state index contributed by atoms with van der Waals surface area (Å²) < 4.78 is 0. The van der Waals surface area contributed by atoms with Crippen LogP contribution >= 0.6 is 0 Å². The van der Waals surface area contributed by atoms with Crippen LogP contribution < -0.4 is 0 Å². The zero-order valence-electron chi connectivity index (χ0n) is 11.9. The molecule has 0 rings (SSSR count). The third-order valence-electron chi connectivity index (χ3n) is 2.89. The van der Waals surface area contributed by atoms with Crippen LogP contribution in [0.25, 0.3) is 0 Å². The topological polar surface area (TPSA) is 24.7 Å². The molecule has 0 saturated carbocycles. The van der Waals surface area contributed by atoms with Crippen molar-refractivity contribution in [2.45, 2.75) is 78.1 Å². The molecule has 0 aromatic rings. The Morgan fingerprint density at radius 2 is 1.00 bits per heavy atom. The van der Waals surface area contributed by atoms with Crippen molar-refractivity contribution in [1.29, 1.82) is 0 Å². The Balaban J connectivity index is 3.15. The second-order valence-electron chi connectivity index (χ2n) is 4.69. The monoisotopic (exact) mass is 238 g/mol. The molecule has 0 aliphatic heterocycles. The van der Waals surface area contributed by atoms with E-state index in [1.54, 1.807) is 0 Å². The maximum absolute atomic E-state index is 4.19. The Morgan fingerprint density at radius 3 is 1.53 bits per heavy atom. The highest BCUT2D eigenvalue weighted by atomic mass is 14.8. The molecule has 100 valence electrons. The van der Waals surface area contributed by atoms with E-state index in [-0.39, 0.29) is 0 Å². The third-order valence-corrected chi connectivity index (χ3v) is 2.89. The number of hydrogen-bond donors (Lipinski definition) is 0. The van der Waals surface area contributed by atoms with Crippen molar-refractivity contribution in [3.8, 4) is 0 Å². The van der Waals surface area contributed by atoms with Gasteiger partial charge in [-0.25, -0.2) is 9.98 Å². The molecule has 0 unspecified atom stereocenters. The molecule has 0 fully saturated rings. The molecule has 0 bridgehead atoms. The minimum Gasteiger partial charge on any atom is -0.226 e. The molecular formula is C15H30N2. The van der Waals surface area contributed by atoms with Crippen molar-refractivity contribution >= 4 is 6.01 Å². The highest BCUT2D eigenvalue weighted by Gasteiger charge is 1.88. The van der Waals surface area contributed by atoms with Crippen molar-refractivity contribution < 1.29 is 0 Å². The molecular weight excluding hydrogens is 208 g/mol. The van der Waals surface area contributed by atoms with Crippen LogP contribution in [0.1, 0.15) is 78.1 Å². The lowest BCUT2D eigenvalue weighted by Crippen LogP contribution is -1.83. The zero-order chi connectivity index (χ0) is 12.6. The van der Waals surface area contributed by atoms with Crippen molar-refractivity contribution in [2.24, 2.45) is 9.98 Å². The standard InChI is InChI=1S/C15H30N2/c1-3-5-7-9-10-12-14-17-15-16-13-11-8-6-4-2/h3-14H2,1-2H3. The molecule has 0 spiro atoms. The Bertz CT molecular complexity index is 193. The minimum absolute atomic E-state index is 0.903. The molecule has 0 amide bonds. The number of unbranched alkanes of at least 4 members (excludes halogenated alkanes) is 8. The van der Waals surface area contributed by atoms with Crippen molar-refractivity contribution in [3.05, 3.63) is 0 Å². The number of rotatable bonds is 12. The molecule has 0 aromatic carbocycles. The Labute approximate surface area is 108 Å². The van der Waals surface area contributed by atoms with Crippen LogP contribution in [0.2, 0.25) is 0 Å². The van der Waals surface area contributed by atoms with Crippen molar-refractivity contribution in [1.82, 2.24) is 0 Å². The summed E-state index contributed by atoms with van der Waals surface area (Å²) in [4.78, 5) is 8.36. The lowest BCUT2D eigenvalue weighted by Gasteiger charge is -1.96. The van der Waals surface area contributed by atoms with E-state index in [9.17, 15) is 0 Å². The molecule has 0 aromatic heterocycles. The first kappa shape index (κ1) is 16.4.